The summed E-state index contributed by atoms with van der Waals surface area (Å²) in [5.41, 5.74) is -0.178. The van der Waals surface area contributed by atoms with Crippen molar-refractivity contribution in [1.29, 1.82) is 0 Å². The Morgan fingerprint density at radius 2 is 2.05 bits per heavy atom. The van der Waals surface area contributed by atoms with Gasteiger partial charge in [0.25, 0.3) is 11.6 Å². The first kappa shape index (κ1) is 14.7. The van der Waals surface area contributed by atoms with Gasteiger partial charge in [-0.1, -0.05) is 13.8 Å². The molecule has 2 N–H and O–H groups in total. The fraction of sp³-hybridized carbons (Fsp3) is 0.455. The molecule has 104 valence electrons. The lowest BCUT2D eigenvalue weighted by Gasteiger charge is -2.17. The third kappa shape index (κ3) is 3.30. The van der Waals surface area contributed by atoms with Gasteiger partial charge in [-0.15, -0.1) is 0 Å². The van der Waals surface area contributed by atoms with E-state index < -0.39 is 22.8 Å². The molecule has 0 aliphatic rings. The SMILES string of the molecule is CC(C)[C@@H](NC(=O)c1cc([N+](=O)[O-])cn1C)C(=O)O. The Bertz CT molecular complexity index is 520. The minimum Gasteiger partial charge on any atom is -0.480 e. The van der Waals surface area contributed by atoms with Gasteiger partial charge in [0.1, 0.15) is 11.7 Å². The van der Waals surface area contributed by atoms with Crippen molar-refractivity contribution >= 4 is 17.6 Å². The zero-order chi connectivity index (χ0) is 14.7. The van der Waals surface area contributed by atoms with Crippen LogP contribution in [0.4, 0.5) is 5.69 Å². The Morgan fingerprint density at radius 1 is 1.47 bits per heavy atom. The van der Waals surface area contributed by atoms with Crippen molar-refractivity contribution in [2.75, 3.05) is 0 Å². The van der Waals surface area contributed by atoms with Crippen LogP contribution in [0.15, 0.2) is 12.3 Å². The number of carbonyl (C=O) groups excluding carboxylic acids is 1. The summed E-state index contributed by atoms with van der Waals surface area (Å²) in [4.78, 5) is 32.9. The molecule has 0 unspecified atom stereocenters. The number of nitrogens with zero attached hydrogens (tertiary/aromatic N) is 2. The summed E-state index contributed by atoms with van der Waals surface area (Å²) in [5, 5.41) is 21.9. The standard InChI is InChI=1S/C11H15N3O5/c1-6(2)9(11(16)17)12-10(15)8-4-7(14(18)19)5-13(8)3/h4-6,9H,1-3H3,(H,12,15)(H,16,17)/t9-/m1/s1. The highest BCUT2D eigenvalue weighted by Gasteiger charge is 2.26. The fourth-order valence-electron chi connectivity index (χ4n) is 1.60. The van der Waals surface area contributed by atoms with Crippen LogP contribution in [0.25, 0.3) is 0 Å². The molecule has 0 aliphatic heterocycles. The normalized spacial score (nSPS) is 12.2. The third-order valence-electron chi connectivity index (χ3n) is 2.65. The van der Waals surface area contributed by atoms with E-state index in [0.717, 1.165) is 6.07 Å². The van der Waals surface area contributed by atoms with Crippen LogP contribution in [-0.2, 0) is 11.8 Å². The second kappa shape index (κ2) is 5.51. The number of hydrogen-bond donors (Lipinski definition) is 2. The minimum absolute atomic E-state index is 0.0404. The summed E-state index contributed by atoms with van der Waals surface area (Å²) in [6.07, 6.45) is 1.19. The topological polar surface area (TPSA) is 114 Å². The third-order valence-corrected chi connectivity index (χ3v) is 2.65. The Balaban J connectivity index is 2.94. The molecule has 0 fully saturated rings. The van der Waals surface area contributed by atoms with E-state index >= 15 is 0 Å². The highest BCUT2D eigenvalue weighted by Crippen LogP contribution is 2.15. The molecule has 0 spiro atoms. The maximum absolute atomic E-state index is 11.9. The summed E-state index contributed by atoms with van der Waals surface area (Å²) in [6, 6.07) is 0.0654. The van der Waals surface area contributed by atoms with E-state index in [1.807, 2.05) is 0 Å². The first-order valence-electron chi connectivity index (χ1n) is 5.58. The Hall–Kier alpha value is -2.38. The van der Waals surface area contributed by atoms with Gasteiger partial charge in [-0.05, 0) is 5.92 Å². The number of carboxylic acids is 1. The Labute approximate surface area is 109 Å². The van der Waals surface area contributed by atoms with E-state index in [1.54, 1.807) is 13.8 Å². The lowest BCUT2D eigenvalue weighted by Crippen LogP contribution is -2.44. The maximum atomic E-state index is 11.9. The van der Waals surface area contributed by atoms with Crippen molar-refractivity contribution in [3.63, 3.8) is 0 Å². The van der Waals surface area contributed by atoms with Gasteiger partial charge in [0.05, 0.1) is 11.1 Å². The van der Waals surface area contributed by atoms with Crippen LogP contribution < -0.4 is 5.32 Å². The number of aliphatic carboxylic acids is 1. The molecule has 1 atom stereocenters. The van der Waals surface area contributed by atoms with Gasteiger partial charge in [-0.25, -0.2) is 4.79 Å². The number of carbonyl (C=O) groups is 2. The van der Waals surface area contributed by atoms with E-state index in [4.69, 9.17) is 5.11 Å². The summed E-state index contributed by atoms with van der Waals surface area (Å²) in [5.74, 6) is -2.10. The van der Waals surface area contributed by atoms with Gasteiger partial charge >= 0.3 is 5.97 Å². The summed E-state index contributed by atoms with van der Waals surface area (Å²) in [7, 11) is 1.48. The number of hydrogen-bond acceptors (Lipinski definition) is 4. The van der Waals surface area contributed by atoms with Crippen LogP contribution >= 0.6 is 0 Å². The minimum atomic E-state index is -1.15. The van der Waals surface area contributed by atoms with E-state index in [-0.39, 0.29) is 17.3 Å². The molecule has 0 saturated carbocycles. The molecule has 1 amide bonds. The number of nitro groups is 1. The predicted molar refractivity (Wildman–Crippen MR) is 65.8 cm³/mol. The zero-order valence-corrected chi connectivity index (χ0v) is 10.8. The molecule has 1 heterocycles. The molecule has 8 nitrogen and oxygen atoms in total. The van der Waals surface area contributed by atoms with Crippen LogP contribution in [0.2, 0.25) is 0 Å². The molecule has 1 aromatic heterocycles. The molecule has 1 aromatic rings. The fourth-order valence-corrected chi connectivity index (χ4v) is 1.60. The van der Waals surface area contributed by atoms with Gasteiger partial charge in [-0.2, -0.15) is 0 Å². The van der Waals surface area contributed by atoms with E-state index in [1.165, 1.54) is 17.8 Å². The summed E-state index contributed by atoms with van der Waals surface area (Å²) < 4.78 is 1.28. The number of rotatable bonds is 5. The molecular weight excluding hydrogens is 254 g/mol. The lowest BCUT2D eigenvalue weighted by atomic mass is 10.0. The molecule has 1 rings (SSSR count). The van der Waals surface area contributed by atoms with Gasteiger partial charge in [-0.3, -0.25) is 14.9 Å². The average Bonchev–Trinajstić information content (AvgIpc) is 2.67. The summed E-state index contributed by atoms with van der Waals surface area (Å²) >= 11 is 0. The Morgan fingerprint density at radius 3 is 2.42 bits per heavy atom. The molecule has 0 aromatic carbocycles. The summed E-state index contributed by atoms with van der Waals surface area (Å²) in [6.45, 7) is 3.32. The van der Waals surface area contributed by atoms with Crippen LogP contribution in [-0.4, -0.2) is 32.5 Å². The van der Waals surface area contributed by atoms with Crippen molar-refractivity contribution in [3.05, 3.63) is 28.1 Å². The molecule has 19 heavy (non-hydrogen) atoms. The number of aryl methyl sites for hydroxylation is 1. The van der Waals surface area contributed by atoms with E-state index in [9.17, 15) is 19.7 Å². The van der Waals surface area contributed by atoms with Crippen LogP contribution in [0, 0.1) is 16.0 Å². The van der Waals surface area contributed by atoms with Gasteiger partial charge in [0.2, 0.25) is 0 Å². The van der Waals surface area contributed by atoms with Gasteiger partial charge < -0.3 is 15.0 Å². The zero-order valence-electron chi connectivity index (χ0n) is 10.8. The van der Waals surface area contributed by atoms with Gasteiger partial charge in [0, 0.05) is 13.1 Å². The van der Waals surface area contributed by atoms with Gasteiger partial charge in [0.15, 0.2) is 0 Å². The van der Waals surface area contributed by atoms with Crippen molar-refractivity contribution in [3.8, 4) is 0 Å². The first-order chi connectivity index (χ1) is 8.73. The molecule has 8 heteroatoms. The number of nitrogens with one attached hydrogen (secondary N) is 1. The van der Waals surface area contributed by atoms with Crippen molar-refractivity contribution < 1.29 is 19.6 Å². The van der Waals surface area contributed by atoms with Crippen molar-refractivity contribution in [1.82, 2.24) is 9.88 Å². The van der Waals surface area contributed by atoms with Crippen LogP contribution in [0.3, 0.4) is 0 Å². The second-order valence-electron chi connectivity index (χ2n) is 4.48. The molecule has 0 saturated heterocycles. The average molecular weight is 269 g/mol. The smallest absolute Gasteiger partial charge is 0.326 e. The molecule has 0 bridgehead atoms. The largest absolute Gasteiger partial charge is 0.480 e. The van der Waals surface area contributed by atoms with Crippen molar-refractivity contribution in [2.24, 2.45) is 13.0 Å². The Kier molecular flexibility index (Phi) is 4.26. The first-order valence-corrected chi connectivity index (χ1v) is 5.58. The molecule has 0 aliphatic carbocycles. The monoisotopic (exact) mass is 269 g/mol. The van der Waals surface area contributed by atoms with Crippen LogP contribution in [0.5, 0.6) is 0 Å². The predicted octanol–water partition coefficient (Wildman–Crippen LogP) is 0.772. The van der Waals surface area contributed by atoms with E-state index in [0.29, 0.717) is 0 Å². The number of aromatic nitrogens is 1. The van der Waals surface area contributed by atoms with Crippen molar-refractivity contribution in [2.45, 2.75) is 19.9 Å². The lowest BCUT2D eigenvalue weighted by molar-refractivity contribution is -0.384. The maximum Gasteiger partial charge on any atom is 0.326 e. The number of carboxylic acid groups (broad SMARTS) is 1. The quantitative estimate of drug-likeness (QED) is 0.605. The second-order valence-corrected chi connectivity index (χ2v) is 4.48. The van der Waals surface area contributed by atoms with Crippen LogP contribution in [0.1, 0.15) is 24.3 Å². The highest BCUT2D eigenvalue weighted by atomic mass is 16.6. The number of amides is 1. The molecular formula is C11H15N3O5. The molecule has 0 radical (unpaired) electrons. The highest BCUT2D eigenvalue weighted by molar-refractivity contribution is 5.96. The van der Waals surface area contributed by atoms with E-state index in [2.05, 4.69) is 5.32 Å².